The van der Waals surface area contributed by atoms with Crippen molar-refractivity contribution in [1.82, 2.24) is 4.90 Å². The highest BCUT2D eigenvalue weighted by Crippen LogP contribution is 2.46. The summed E-state index contributed by atoms with van der Waals surface area (Å²) < 4.78 is 12.0. The van der Waals surface area contributed by atoms with Crippen LogP contribution < -0.4 is 4.74 Å². The summed E-state index contributed by atoms with van der Waals surface area (Å²) in [7, 11) is 0. The van der Waals surface area contributed by atoms with Gasteiger partial charge in [-0.15, -0.1) is 0 Å². The topological polar surface area (TPSA) is 76.1 Å². The van der Waals surface area contributed by atoms with Gasteiger partial charge in [0.1, 0.15) is 18.5 Å². The molecular formula is C20H18ClNO5. The summed E-state index contributed by atoms with van der Waals surface area (Å²) in [6.07, 6.45) is 0.772. The summed E-state index contributed by atoms with van der Waals surface area (Å²) in [5.41, 5.74) is 0.349. The van der Waals surface area contributed by atoms with Crippen molar-refractivity contribution in [3.63, 3.8) is 0 Å². The fourth-order valence-corrected chi connectivity index (χ4v) is 3.81. The molecule has 2 saturated heterocycles. The molecule has 2 aliphatic rings. The van der Waals surface area contributed by atoms with E-state index < -0.39 is 11.7 Å². The number of carbonyl (C=O) groups is 2. The number of rotatable bonds is 5. The quantitative estimate of drug-likeness (QED) is 0.851. The number of hydrogen-bond acceptors (Lipinski definition) is 4. The molecule has 0 aliphatic carbocycles. The van der Waals surface area contributed by atoms with Crippen LogP contribution in [0.2, 0.25) is 5.02 Å². The Kier molecular flexibility index (Phi) is 4.53. The van der Waals surface area contributed by atoms with Gasteiger partial charge in [-0.3, -0.25) is 4.79 Å². The second kappa shape index (κ2) is 6.87. The summed E-state index contributed by atoms with van der Waals surface area (Å²) in [6.45, 7) is 0.722. The van der Waals surface area contributed by atoms with Crippen LogP contribution in [0.4, 0.5) is 0 Å². The number of amides is 1. The zero-order valence-electron chi connectivity index (χ0n) is 14.4. The number of fused-ring (bicyclic) bond motifs is 1. The minimum atomic E-state index is -0.982. The first-order valence-electron chi connectivity index (χ1n) is 8.68. The molecule has 0 unspecified atom stereocenters. The van der Waals surface area contributed by atoms with Crippen LogP contribution in [0, 0.1) is 0 Å². The highest BCUT2D eigenvalue weighted by atomic mass is 35.5. The summed E-state index contributed by atoms with van der Waals surface area (Å²) in [4.78, 5) is 25.0. The maximum Gasteiger partial charge on any atom is 0.335 e. The standard InChI is InChI=1S/C20H18ClNO5/c21-15-5-3-14(4-6-15)20-10-9-18(23)22(20)11-17(27-20)12-26-16-7-1-13(2-8-16)19(24)25/h1-8,17H,9-12H2,(H,24,25)/t17-,20+/m0/s1. The Hall–Kier alpha value is -2.57. The van der Waals surface area contributed by atoms with Crippen LogP contribution in [0.1, 0.15) is 28.8 Å². The first-order chi connectivity index (χ1) is 13.0. The average Bonchev–Trinajstić information content (AvgIpc) is 3.19. The van der Waals surface area contributed by atoms with Crippen LogP contribution in [-0.2, 0) is 15.3 Å². The number of aromatic carboxylic acids is 1. The number of carbonyl (C=O) groups excluding carboxylic acids is 1. The Morgan fingerprint density at radius 1 is 1.22 bits per heavy atom. The van der Waals surface area contributed by atoms with Gasteiger partial charge in [0.05, 0.1) is 12.1 Å². The third-order valence-electron chi connectivity index (χ3n) is 5.00. The molecule has 0 radical (unpaired) electrons. The Balaban J connectivity index is 1.47. The molecule has 6 nitrogen and oxygen atoms in total. The van der Waals surface area contributed by atoms with Crippen LogP contribution in [-0.4, -0.2) is 41.1 Å². The van der Waals surface area contributed by atoms with Gasteiger partial charge < -0.3 is 19.5 Å². The van der Waals surface area contributed by atoms with Crippen molar-refractivity contribution in [1.29, 1.82) is 0 Å². The summed E-state index contributed by atoms with van der Waals surface area (Å²) >= 11 is 5.99. The monoisotopic (exact) mass is 387 g/mol. The minimum absolute atomic E-state index is 0.0678. The fraction of sp³-hybridized carbons (Fsp3) is 0.300. The molecule has 2 aromatic carbocycles. The Bertz CT molecular complexity index is 867. The lowest BCUT2D eigenvalue weighted by atomic mass is 10.0. The first kappa shape index (κ1) is 17.8. The van der Waals surface area contributed by atoms with E-state index in [4.69, 9.17) is 26.2 Å². The minimum Gasteiger partial charge on any atom is -0.491 e. The van der Waals surface area contributed by atoms with Gasteiger partial charge in [0.25, 0.3) is 0 Å². The SMILES string of the molecule is O=C(O)c1ccc(OC[C@@H]2CN3C(=O)CC[C@]3(c3ccc(Cl)cc3)O2)cc1. The highest BCUT2D eigenvalue weighted by Gasteiger charge is 2.54. The zero-order chi connectivity index (χ0) is 19.0. The lowest BCUT2D eigenvalue weighted by Gasteiger charge is -2.31. The van der Waals surface area contributed by atoms with E-state index in [9.17, 15) is 9.59 Å². The second-order valence-electron chi connectivity index (χ2n) is 6.68. The van der Waals surface area contributed by atoms with Crippen molar-refractivity contribution in [3.8, 4) is 5.75 Å². The molecule has 27 heavy (non-hydrogen) atoms. The van der Waals surface area contributed by atoms with E-state index in [0.29, 0.717) is 30.2 Å². The van der Waals surface area contributed by atoms with Crippen molar-refractivity contribution >= 4 is 23.5 Å². The van der Waals surface area contributed by atoms with Crippen LogP contribution in [0.3, 0.4) is 0 Å². The van der Waals surface area contributed by atoms with Gasteiger partial charge in [0.15, 0.2) is 5.72 Å². The average molecular weight is 388 g/mol. The van der Waals surface area contributed by atoms with Crippen LogP contribution in [0.15, 0.2) is 48.5 Å². The normalized spacial score (nSPS) is 24.1. The molecule has 0 aromatic heterocycles. The second-order valence-corrected chi connectivity index (χ2v) is 7.11. The van der Waals surface area contributed by atoms with E-state index in [1.165, 1.54) is 12.1 Å². The molecule has 140 valence electrons. The third-order valence-corrected chi connectivity index (χ3v) is 5.25. The number of ether oxygens (including phenoxy) is 2. The van der Waals surface area contributed by atoms with E-state index in [1.54, 1.807) is 29.2 Å². The van der Waals surface area contributed by atoms with Crippen molar-refractivity contribution in [2.24, 2.45) is 0 Å². The maximum atomic E-state index is 12.3. The van der Waals surface area contributed by atoms with E-state index >= 15 is 0 Å². The molecule has 2 atom stereocenters. The summed E-state index contributed by atoms with van der Waals surface area (Å²) in [5.74, 6) is -0.356. The smallest absolute Gasteiger partial charge is 0.335 e. The Morgan fingerprint density at radius 3 is 2.59 bits per heavy atom. The van der Waals surface area contributed by atoms with Crippen molar-refractivity contribution in [2.75, 3.05) is 13.2 Å². The van der Waals surface area contributed by atoms with Gasteiger partial charge in [-0.1, -0.05) is 23.7 Å². The van der Waals surface area contributed by atoms with Gasteiger partial charge in [0.2, 0.25) is 5.91 Å². The lowest BCUT2D eigenvalue weighted by molar-refractivity contribution is -0.140. The van der Waals surface area contributed by atoms with Crippen molar-refractivity contribution < 1.29 is 24.2 Å². The van der Waals surface area contributed by atoms with Gasteiger partial charge in [0, 0.05) is 23.4 Å². The molecule has 1 N–H and O–H groups in total. The Morgan fingerprint density at radius 2 is 1.93 bits per heavy atom. The summed E-state index contributed by atoms with van der Waals surface area (Å²) in [5, 5.41) is 9.58. The molecule has 0 spiro atoms. The molecule has 7 heteroatoms. The van der Waals surface area contributed by atoms with Crippen molar-refractivity contribution in [2.45, 2.75) is 24.7 Å². The van der Waals surface area contributed by atoms with Gasteiger partial charge in [-0.2, -0.15) is 0 Å². The maximum absolute atomic E-state index is 12.3. The lowest BCUT2D eigenvalue weighted by Crippen LogP contribution is -2.38. The van der Waals surface area contributed by atoms with Crippen LogP contribution in [0.5, 0.6) is 5.75 Å². The molecule has 2 heterocycles. The van der Waals surface area contributed by atoms with E-state index in [0.717, 1.165) is 5.56 Å². The van der Waals surface area contributed by atoms with Gasteiger partial charge in [-0.25, -0.2) is 4.79 Å². The van der Waals surface area contributed by atoms with Crippen molar-refractivity contribution in [3.05, 3.63) is 64.7 Å². The Labute approximate surface area is 161 Å². The molecule has 0 saturated carbocycles. The largest absolute Gasteiger partial charge is 0.491 e. The molecule has 4 rings (SSSR count). The van der Waals surface area contributed by atoms with Crippen LogP contribution in [0.25, 0.3) is 0 Å². The van der Waals surface area contributed by atoms with E-state index in [-0.39, 0.29) is 24.2 Å². The van der Waals surface area contributed by atoms with E-state index in [2.05, 4.69) is 0 Å². The summed E-state index contributed by atoms with van der Waals surface area (Å²) in [6, 6.07) is 13.6. The number of benzene rings is 2. The van der Waals surface area contributed by atoms with Gasteiger partial charge in [-0.05, 0) is 36.4 Å². The predicted octanol–water partition coefficient (Wildman–Crippen LogP) is 3.29. The fourth-order valence-electron chi connectivity index (χ4n) is 3.68. The number of carboxylic acid groups (broad SMARTS) is 1. The zero-order valence-corrected chi connectivity index (χ0v) is 15.2. The highest BCUT2D eigenvalue weighted by molar-refractivity contribution is 6.30. The molecule has 2 aliphatic heterocycles. The molecule has 2 fully saturated rings. The number of halogens is 1. The first-order valence-corrected chi connectivity index (χ1v) is 9.06. The molecular weight excluding hydrogens is 370 g/mol. The molecule has 2 aromatic rings. The number of hydrogen-bond donors (Lipinski definition) is 1. The number of carboxylic acids is 1. The van der Waals surface area contributed by atoms with E-state index in [1.807, 2.05) is 12.1 Å². The molecule has 1 amide bonds. The predicted molar refractivity (Wildman–Crippen MR) is 97.8 cm³/mol. The number of nitrogens with zero attached hydrogens (tertiary/aromatic N) is 1. The molecule has 0 bridgehead atoms. The third kappa shape index (κ3) is 3.26. The van der Waals surface area contributed by atoms with Crippen LogP contribution >= 0.6 is 11.6 Å². The van der Waals surface area contributed by atoms with Gasteiger partial charge >= 0.3 is 5.97 Å².